The number of hydrogen-bond donors (Lipinski definition) is 2. The summed E-state index contributed by atoms with van der Waals surface area (Å²) in [4.78, 5) is 40.0. The third-order valence-electron chi connectivity index (χ3n) is 5.41. The first-order chi connectivity index (χ1) is 14.9. The molecule has 0 unspecified atom stereocenters. The Morgan fingerprint density at radius 1 is 1.16 bits per heavy atom. The first-order valence-electron chi connectivity index (χ1n) is 10.2. The Balaban J connectivity index is 1.45. The molecule has 160 valence electrons. The van der Waals surface area contributed by atoms with Crippen LogP contribution in [0.3, 0.4) is 0 Å². The molecule has 2 saturated heterocycles. The summed E-state index contributed by atoms with van der Waals surface area (Å²) in [6.45, 7) is 3.08. The summed E-state index contributed by atoms with van der Waals surface area (Å²) < 4.78 is 14.5. The highest BCUT2D eigenvalue weighted by Gasteiger charge is 2.35. The number of nitrogens with one attached hydrogen (secondary N) is 2. The van der Waals surface area contributed by atoms with Gasteiger partial charge in [0.25, 0.3) is 5.91 Å². The lowest BCUT2D eigenvalue weighted by Crippen LogP contribution is -2.38. The van der Waals surface area contributed by atoms with Gasteiger partial charge in [-0.3, -0.25) is 9.59 Å². The van der Waals surface area contributed by atoms with E-state index in [-0.39, 0.29) is 11.5 Å². The van der Waals surface area contributed by atoms with Crippen LogP contribution >= 0.6 is 0 Å². The lowest BCUT2D eigenvalue weighted by atomic mass is 10.1. The van der Waals surface area contributed by atoms with E-state index in [0.717, 1.165) is 36.4 Å². The van der Waals surface area contributed by atoms with Gasteiger partial charge in [-0.05, 0) is 55.2 Å². The normalized spacial score (nSPS) is 17.4. The summed E-state index contributed by atoms with van der Waals surface area (Å²) >= 11 is 0. The molecule has 0 bridgehead atoms. The lowest BCUT2D eigenvalue weighted by Gasteiger charge is -2.18. The van der Waals surface area contributed by atoms with E-state index in [2.05, 4.69) is 10.6 Å². The van der Waals surface area contributed by atoms with Crippen LogP contribution in [0.4, 0.5) is 20.6 Å². The second-order valence-electron chi connectivity index (χ2n) is 7.65. The number of aryl methyl sites for hydroxylation is 1. The topological polar surface area (TPSA) is 81.8 Å². The second kappa shape index (κ2) is 8.59. The molecule has 31 heavy (non-hydrogen) atoms. The Bertz CT molecular complexity index is 1080. The maximum absolute atomic E-state index is 14.5. The van der Waals surface area contributed by atoms with E-state index in [1.807, 2.05) is 24.0 Å². The van der Waals surface area contributed by atoms with E-state index in [4.69, 9.17) is 0 Å². The SMILES string of the molecule is Cc1ccccc1NC(=O)CN1C(=O)N/C(=C\c2ccc(N3CCCC3)c(F)c2)C1=O. The molecule has 8 heteroatoms. The molecule has 0 aliphatic carbocycles. The van der Waals surface area contributed by atoms with E-state index >= 15 is 0 Å². The van der Waals surface area contributed by atoms with Crippen LogP contribution in [-0.2, 0) is 9.59 Å². The predicted molar refractivity (Wildman–Crippen MR) is 116 cm³/mol. The number of anilines is 2. The molecule has 2 fully saturated rings. The first kappa shape index (κ1) is 20.6. The number of halogens is 1. The van der Waals surface area contributed by atoms with E-state index < -0.39 is 24.4 Å². The van der Waals surface area contributed by atoms with Crippen LogP contribution in [0.1, 0.15) is 24.0 Å². The molecule has 0 aromatic heterocycles. The van der Waals surface area contributed by atoms with Gasteiger partial charge in [0.05, 0.1) is 5.69 Å². The number of carbonyl (C=O) groups excluding carboxylic acids is 3. The third-order valence-corrected chi connectivity index (χ3v) is 5.41. The Hall–Kier alpha value is -3.68. The van der Waals surface area contributed by atoms with Crippen molar-refractivity contribution in [3.63, 3.8) is 0 Å². The first-order valence-corrected chi connectivity index (χ1v) is 10.2. The number of rotatable bonds is 5. The highest BCUT2D eigenvalue weighted by atomic mass is 19.1. The number of hydrogen-bond acceptors (Lipinski definition) is 4. The molecule has 0 atom stereocenters. The van der Waals surface area contributed by atoms with Gasteiger partial charge in [-0.15, -0.1) is 0 Å². The van der Waals surface area contributed by atoms with Gasteiger partial charge in [-0.2, -0.15) is 0 Å². The fourth-order valence-electron chi connectivity index (χ4n) is 3.76. The average molecular weight is 422 g/mol. The van der Waals surface area contributed by atoms with Crippen molar-refractivity contribution in [2.45, 2.75) is 19.8 Å². The largest absolute Gasteiger partial charge is 0.369 e. The zero-order chi connectivity index (χ0) is 22.0. The van der Waals surface area contributed by atoms with Crippen LogP contribution in [0.2, 0.25) is 0 Å². The van der Waals surface area contributed by atoms with Crippen LogP contribution < -0.4 is 15.5 Å². The second-order valence-corrected chi connectivity index (χ2v) is 7.65. The quantitative estimate of drug-likeness (QED) is 0.573. The predicted octanol–water partition coefficient (Wildman–Crippen LogP) is 3.27. The number of carbonyl (C=O) groups is 3. The van der Waals surface area contributed by atoms with Crippen LogP contribution in [0, 0.1) is 12.7 Å². The Kier molecular flexibility index (Phi) is 5.70. The van der Waals surface area contributed by atoms with Crippen molar-refractivity contribution < 1.29 is 18.8 Å². The number of benzene rings is 2. The van der Waals surface area contributed by atoms with Gasteiger partial charge in [0.2, 0.25) is 5.91 Å². The van der Waals surface area contributed by atoms with Gasteiger partial charge in [-0.1, -0.05) is 24.3 Å². The van der Waals surface area contributed by atoms with Crippen molar-refractivity contribution in [2.75, 3.05) is 29.9 Å². The number of amides is 4. The van der Waals surface area contributed by atoms with Gasteiger partial charge in [0.1, 0.15) is 18.1 Å². The molecule has 4 rings (SSSR count). The molecule has 0 spiro atoms. The van der Waals surface area contributed by atoms with Crippen molar-refractivity contribution in [3.8, 4) is 0 Å². The van der Waals surface area contributed by atoms with Crippen molar-refractivity contribution in [1.82, 2.24) is 10.2 Å². The van der Waals surface area contributed by atoms with E-state index in [9.17, 15) is 18.8 Å². The van der Waals surface area contributed by atoms with E-state index in [0.29, 0.717) is 16.9 Å². The van der Waals surface area contributed by atoms with Crippen LogP contribution in [0.15, 0.2) is 48.2 Å². The molecule has 2 heterocycles. The summed E-state index contributed by atoms with van der Waals surface area (Å²) in [5.41, 5.74) is 2.48. The van der Waals surface area contributed by atoms with Crippen LogP contribution in [0.25, 0.3) is 6.08 Å². The van der Waals surface area contributed by atoms with Gasteiger partial charge in [0.15, 0.2) is 0 Å². The fourth-order valence-corrected chi connectivity index (χ4v) is 3.76. The van der Waals surface area contributed by atoms with Crippen LogP contribution in [0.5, 0.6) is 0 Å². The van der Waals surface area contributed by atoms with Crippen molar-refractivity contribution in [3.05, 3.63) is 65.1 Å². The molecular weight excluding hydrogens is 399 g/mol. The summed E-state index contributed by atoms with van der Waals surface area (Å²) in [5.74, 6) is -1.49. The summed E-state index contributed by atoms with van der Waals surface area (Å²) in [6.07, 6.45) is 3.49. The number of urea groups is 1. The summed E-state index contributed by atoms with van der Waals surface area (Å²) in [5, 5.41) is 5.15. The molecule has 0 saturated carbocycles. The zero-order valence-electron chi connectivity index (χ0n) is 17.2. The third kappa shape index (κ3) is 4.42. The molecular formula is C23H23FN4O3. The number of para-hydroxylation sites is 1. The number of nitrogens with zero attached hydrogens (tertiary/aromatic N) is 2. The fraction of sp³-hybridized carbons (Fsp3) is 0.261. The molecule has 4 amide bonds. The maximum atomic E-state index is 14.5. The Labute approximate surface area is 179 Å². The van der Waals surface area contributed by atoms with Crippen molar-refractivity contribution in [2.24, 2.45) is 0 Å². The summed E-state index contributed by atoms with van der Waals surface area (Å²) in [6, 6.07) is 11.3. The van der Waals surface area contributed by atoms with Gasteiger partial charge in [-0.25, -0.2) is 14.1 Å². The van der Waals surface area contributed by atoms with Gasteiger partial charge < -0.3 is 15.5 Å². The van der Waals surface area contributed by atoms with E-state index in [1.165, 1.54) is 12.1 Å². The van der Waals surface area contributed by atoms with Gasteiger partial charge in [0, 0.05) is 18.8 Å². The van der Waals surface area contributed by atoms with Crippen LogP contribution in [-0.4, -0.2) is 42.4 Å². The highest BCUT2D eigenvalue weighted by Crippen LogP contribution is 2.25. The molecule has 2 N–H and O–H groups in total. The zero-order valence-corrected chi connectivity index (χ0v) is 17.2. The van der Waals surface area contributed by atoms with Crippen molar-refractivity contribution in [1.29, 1.82) is 0 Å². The average Bonchev–Trinajstić information content (AvgIpc) is 3.35. The highest BCUT2D eigenvalue weighted by molar-refractivity contribution is 6.16. The van der Waals surface area contributed by atoms with Crippen molar-refractivity contribution >= 4 is 35.3 Å². The Morgan fingerprint density at radius 2 is 1.90 bits per heavy atom. The minimum absolute atomic E-state index is 0.00186. The number of imide groups is 1. The minimum atomic E-state index is -0.689. The Morgan fingerprint density at radius 3 is 2.61 bits per heavy atom. The molecule has 2 aromatic rings. The lowest BCUT2D eigenvalue weighted by molar-refractivity contribution is -0.127. The smallest absolute Gasteiger partial charge is 0.329 e. The molecule has 2 aromatic carbocycles. The van der Waals surface area contributed by atoms with Gasteiger partial charge >= 0.3 is 6.03 Å². The molecule has 2 aliphatic heterocycles. The standard InChI is InChI=1S/C23H23FN4O3/c1-15-6-2-3-7-18(15)25-21(29)14-28-22(30)19(26-23(28)31)13-16-8-9-20(17(24)12-16)27-10-4-5-11-27/h2-3,6-9,12-13H,4-5,10-11,14H2,1H3,(H,25,29)(H,26,31)/b19-13-. The maximum Gasteiger partial charge on any atom is 0.329 e. The molecule has 0 radical (unpaired) electrons. The molecule has 2 aliphatic rings. The monoisotopic (exact) mass is 422 g/mol. The van der Waals surface area contributed by atoms with E-state index in [1.54, 1.807) is 24.3 Å². The molecule has 7 nitrogen and oxygen atoms in total. The summed E-state index contributed by atoms with van der Waals surface area (Å²) in [7, 11) is 0. The minimum Gasteiger partial charge on any atom is -0.369 e.